The topological polar surface area (TPSA) is 121 Å². The van der Waals surface area contributed by atoms with Crippen molar-refractivity contribution in [2.75, 3.05) is 37.4 Å². The van der Waals surface area contributed by atoms with Crippen LogP contribution in [0, 0.1) is 18.6 Å². The van der Waals surface area contributed by atoms with Gasteiger partial charge in [0.05, 0.1) is 5.69 Å². The number of likely N-dealkylation sites (N-methyl/N-ethyl adjacent to an activating group) is 1. The van der Waals surface area contributed by atoms with E-state index in [0.29, 0.717) is 42.2 Å². The molecular weight excluding hydrogens is 514 g/mol. The second-order valence-corrected chi connectivity index (χ2v) is 8.94. The summed E-state index contributed by atoms with van der Waals surface area (Å²) in [4.78, 5) is 27.0. The summed E-state index contributed by atoms with van der Waals surface area (Å²) < 4.78 is 29.6. The van der Waals surface area contributed by atoms with Gasteiger partial charge in [0, 0.05) is 42.4 Å². The lowest BCUT2D eigenvalue weighted by Gasteiger charge is -2.24. The minimum Gasteiger partial charge on any atom is -0.383 e. The number of para-hydroxylation sites is 1. The molecule has 0 saturated carbocycles. The molecule has 11 heteroatoms. The molecule has 2 aromatic carbocycles. The van der Waals surface area contributed by atoms with Crippen LogP contribution in [0.1, 0.15) is 44.4 Å². The summed E-state index contributed by atoms with van der Waals surface area (Å²) in [5.74, 6) is -1.17. The van der Waals surface area contributed by atoms with Gasteiger partial charge < -0.3 is 21.7 Å². The molecule has 0 bridgehead atoms. The number of nitrogens with two attached hydrogens (primary N) is 1. The van der Waals surface area contributed by atoms with E-state index in [2.05, 4.69) is 25.9 Å². The third-order valence-corrected chi connectivity index (χ3v) is 5.69. The van der Waals surface area contributed by atoms with Crippen molar-refractivity contribution in [2.45, 2.75) is 47.2 Å². The second kappa shape index (κ2) is 15.6. The van der Waals surface area contributed by atoms with Gasteiger partial charge in [-0.25, -0.2) is 13.8 Å². The van der Waals surface area contributed by atoms with E-state index in [0.717, 1.165) is 28.2 Å². The van der Waals surface area contributed by atoms with E-state index in [1.165, 1.54) is 6.07 Å². The van der Waals surface area contributed by atoms with Crippen LogP contribution in [0.2, 0.25) is 0 Å². The first-order valence-electron chi connectivity index (χ1n) is 13.3. The maximum Gasteiger partial charge on any atom is 0.225 e. The molecule has 0 unspecified atom stereocenters. The van der Waals surface area contributed by atoms with Gasteiger partial charge in [-0.05, 0) is 58.6 Å². The second-order valence-electron chi connectivity index (χ2n) is 8.94. The van der Waals surface area contributed by atoms with Gasteiger partial charge in [0.1, 0.15) is 23.2 Å². The van der Waals surface area contributed by atoms with Gasteiger partial charge in [0.2, 0.25) is 12.4 Å². The molecule has 0 radical (unpaired) electrons. The Morgan fingerprint density at radius 3 is 2.33 bits per heavy atom. The Morgan fingerprint density at radius 2 is 1.75 bits per heavy atom. The molecule has 0 atom stereocenters. The van der Waals surface area contributed by atoms with Crippen molar-refractivity contribution in [1.29, 1.82) is 0 Å². The number of anilines is 3. The fourth-order valence-electron chi connectivity index (χ4n) is 3.93. The Labute approximate surface area is 235 Å². The van der Waals surface area contributed by atoms with Crippen LogP contribution in [0.4, 0.5) is 26.2 Å². The number of rotatable bonds is 12. The van der Waals surface area contributed by atoms with E-state index in [9.17, 15) is 13.6 Å². The Kier molecular flexibility index (Phi) is 12.6. The summed E-state index contributed by atoms with van der Waals surface area (Å²) in [7, 11) is 3.53. The molecule has 0 fully saturated rings. The summed E-state index contributed by atoms with van der Waals surface area (Å²) in [6.45, 7) is 11.1. The molecule has 0 aliphatic heterocycles. The molecule has 0 aliphatic rings. The number of carbonyl (C=O) groups is 1. The van der Waals surface area contributed by atoms with E-state index in [-0.39, 0.29) is 24.4 Å². The number of halogens is 2. The predicted octanol–water partition coefficient (Wildman–Crippen LogP) is 4.52. The predicted molar refractivity (Wildman–Crippen MR) is 159 cm³/mol. The van der Waals surface area contributed by atoms with Crippen LogP contribution in [-0.2, 0) is 11.3 Å². The molecule has 40 heavy (non-hydrogen) atoms. The summed E-state index contributed by atoms with van der Waals surface area (Å²) >= 11 is 0. The highest BCUT2D eigenvalue weighted by Crippen LogP contribution is 2.36. The fraction of sp³-hybridized carbons (Fsp3) is 0.379. The number of nitrogens with one attached hydrogen (secondary N) is 3. The Bertz CT molecular complexity index is 1290. The lowest BCUT2D eigenvalue weighted by atomic mass is 9.98. The average molecular weight is 555 g/mol. The van der Waals surface area contributed by atoms with E-state index in [1.807, 2.05) is 59.9 Å². The number of amides is 1. The molecule has 3 aromatic rings. The number of aryl methyl sites for hydroxylation is 1. The lowest BCUT2D eigenvalue weighted by Crippen LogP contribution is -2.25. The zero-order valence-corrected chi connectivity index (χ0v) is 24.3. The summed E-state index contributed by atoms with van der Waals surface area (Å²) in [5.41, 5.74) is 8.99. The molecule has 1 aromatic heterocycles. The largest absolute Gasteiger partial charge is 0.383 e. The zero-order chi connectivity index (χ0) is 29.8. The maximum atomic E-state index is 14.8. The molecule has 3 rings (SSSR count). The summed E-state index contributed by atoms with van der Waals surface area (Å²) in [6, 6.07) is 9.06. The van der Waals surface area contributed by atoms with Crippen LogP contribution < -0.4 is 26.6 Å². The maximum absolute atomic E-state index is 14.8. The number of aromatic nitrogens is 2. The molecule has 0 spiro atoms. The number of hydrogen-bond donors (Lipinski definition) is 4. The highest BCUT2D eigenvalue weighted by molar-refractivity contribution is 5.99. The molecule has 0 saturated heterocycles. The van der Waals surface area contributed by atoms with Gasteiger partial charge in [-0.15, -0.1) is 0 Å². The van der Waals surface area contributed by atoms with Gasteiger partial charge >= 0.3 is 0 Å². The molecule has 1 amide bonds. The molecule has 0 aliphatic carbocycles. The first-order valence-corrected chi connectivity index (χ1v) is 13.3. The van der Waals surface area contributed by atoms with Gasteiger partial charge in [-0.3, -0.25) is 14.7 Å². The normalized spacial score (nSPS) is 11.2. The van der Waals surface area contributed by atoms with Crippen LogP contribution in [0.3, 0.4) is 0 Å². The lowest BCUT2D eigenvalue weighted by molar-refractivity contribution is -0.106. The van der Waals surface area contributed by atoms with Crippen LogP contribution in [0.15, 0.2) is 41.4 Å². The van der Waals surface area contributed by atoms with Crippen LogP contribution >= 0.6 is 0 Å². The van der Waals surface area contributed by atoms with E-state index >= 15 is 0 Å². The minimum absolute atomic E-state index is 0.00468. The quantitative estimate of drug-likeness (QED) is 0.112. The number of carbonyl (C=O) groups excluding carboxylic acids is 1. The molecule has 1 heterocycles. The third-order valence-electron chi connectivity index (χ3n) is 5.69. The molecule has 5 N–H and O–H groups in total. The van der Waals surface area contributed by atoms with E-state index in [1.54, 1.807) is 7.05 Å². The van der Waals surface area contributed by atoms with Crippen molar-refractivity contribution in [3.63, 3.8) is 0 Å². The first-order chi connectivity index (χ1) is 19.2. The van der Waals surface area contributed by atoms with Gasteiger partial charge in [0.25, 0.3) is 0 Å². The number of aliphatic imine (C=N–C) groups is 1. The van der Waals surface area contributed by atoms with E-state index < -0.39 is 17.3 Å². The summed E-state index contributed by atoms with van der Waals surface area (Å²) in [5, 5.41) is 9.21. The monoisotopic (exact) mass is 554 g/mol. The average Bonchev–Trinajstić information content (AvgIpc) is 2.93. The number of hydrogen-bond acceptors (Lipinski definition) is 7. The highest BCUT2D eigenvalue weighted by Gasteiger charge is 2.26. The zero-order valence-electron chi connectivity index (χ0n) is 24.3. The molecular formula is C29H40F2N8O. The Morgan fingerprint density at radius 1 is 1.07 bits per heavy atom. The number of nitrogens with zero attached hydrogens (tertiary/aromatic N) is 4. The standard InChI is InChI=1S/C27H34F2N8O.C2H6/c1-16(2)34-25(30)18-10-9-17(3)19(13-18)23-20(14-32-5)26(36-27(35-23)33-12-11-31-4)37(15-38)24-21(28)7-6-8-22(24)29;1-2/h6-10,13,15-16,31-32H,11-12,14H2,1-5H3,(H2,30,34)(H,33,35,36);1-2H3. The Hall–Kier alpha value is -3.96. The van der Waals surface area contributed by atoms with Crippen molar-refractivity contribution in [3.8, 4) is 11.3 Å². The van der Waals surface area contributed by atoms with E-state index in [4.69, 9.17) is 10.7 Å². The van der Waals surface area contributed by atoms with Crippen LogP contribution in [0.5, 0.6) is 0 Å². The van der Waals surface area contributed by atoms with Crippen molar-refractivity contribution in [1.82, 2.24) is 20.6 Å². The fourth-order valence-corrected chi connectivity index (χ4v) is 3.93. The Balaban J connectivity index is 0.00000274. The van der Waals surface area contributed by atoms with Crippen molar-refractivity contribution in [2.24, 2.45) is 10.7 Å². The van der Waals surface area contributed by atoms with Crippen LogP contribution in [0.25, 0.3) is 11.3 Å². The van der Waals surface area contributed by atoms with Crippen molar-refractivity contribution >= 4 is 29.7 Å². The van der Waals surface area contributed by atoms with Gasteiger partial charge in [0.15, 0.2) is 5.82 Å². The summed E-state index contributed by atoms with van der Waals surface area (Å²) in [6.07, 6.45) is 0.348. The highest BCUT2D eigenvalue weighted by atomic mass is 19.1. The minimum atomic E-state index is -0.895. The first kappa shape index (κ1) is 32.3. The third kappa shape index (κ3) is 7.80. The number of amidine groups is 1. The van der Waals surface area contributed by atoms with Crippen LogP contribution in [-0.4, -0.2) is 55.4 Å². The van der Waals surface area contributed by atoms with Crippen molar-refractivity contribution in [3.05, 3.63) is 64.7 Å². The molecule has 216 valence electrons. The SMILES string of the molecule is CC.CNCCNc1nc(-c2cc(C(N)=NC(C)C)ccc2C)c(CNC)c(N(C=O)c2c(F)cccc2F)n1. The molecule has 9 nitrogen and oxygen atoms in total. The van der Waals surface area contributed by atoms with Crippen molar-refractivity contribution < 1.29 is 13.6 Å². The number of benzene rings is 2. The van der Waals surface area contributed by atoms with Gasteiger partial charge in [-0.2, -0.15) is 4.98 Å². The smallest absolute Gasteiger partial charge is 0.225 e. The van der Waals surface area contributed by atoms with Gasteiger partial charge in [-0.1, -0.05) is 32.0 Å².